The molecule has 1 aromatic carbocycles. The predicted molar refractivity (Wildman–Crippen MR) is 55.5 cm³/mol. The van der Waals surface area contributed by atoms with Crippen molar-refractivity contribution < 1.29 is 49.7 Å². The van der Waals surface area contributed by atoms with Gasteiger partial charge in [0.05, 0.1) is 0 Å². The molecule has 1 fully saturated rings. The first-order valence-corrected chi connectivity index (χ1v) is 4.79. The molecule has 2 N–H and O–H groups in total. The molecule has 6 heteroatoms. The second-order valence-corrected chi connectivity index (χ2v) is 3.51. The van der Waals surface area contributed by atoms with Gasteiger partial charge in [-0.3, -0.25) is 4.79 Å². The van der Waals surface area contributed by atoms with E-state index in [-0.39, 0.29) is 40.9 Å². The van der Waals surface area contributed by atoms with Gasteiger partial charge in [-0.25, -0.2) is 4.79 Å². The van der Waals surface area contributed by atoms with Crippen molar-refractivity contribution in [1.29, 1.82) is 0 Å². The fourth-order valence-corrected chi connectivity index (χ4v) is 1.63. The Kier molecular flexibility index (Phi) is 6.41. The molecule has 0 saturated carbocycles. The molecule has 1 aliphatic rings. The largest absolute Gasteiger partial charge is 1.00 e. The monoisotopic (exact) mass is 245 g/mol. The summed E-state index contributed by atoms with van der Waals surface area (Å²) in [6, 6.07) is 8.10. The first-order chi connectivity index (χ1) is 7.20. The molecule has 0 aromatic heterocycles. The SMILES string of the molecule is O=C(O)C1CCN1C(=O)c1ccccc1.[Na+].[OH-]. The van der Waals surface area contributed by atoms with Crippen molar-refractivity contribution in [3.05, 3.63) is 35.9 Å². The molecule has 17 heavy (non-hydrogen) atoms. The summed E-state index contributed by atoms with van der Waals surface area (Å²) in [6.45, 7) is 0.532. The third-order valence-corrected chi connectivity index (χ3v) is 2.59. The average molecular weight is 245 g/mol. The van der Waals surface area contributed by atoms with Crippen molar-refractivity contribution >= 4 is 11.9 Å². The number of carbonyl (C=O) groups excluding carboxylic acids is 1. The van der Waals surface area contributed by atoms with Crippen LogP contribution < -0.4 is 29.6 Å². The third-order valence-electron chi connectivity index (χ3n) is 2.59. The minimum atomic E-state index is -0.925. The van der Waals surface area contributed by atoms with E-state index in [9.17, 15) is 9.59 Å². The van der Waals surface area contributed by atoms with E-state index in [0.29, 0.717) is 18.5 Å². The Labute approximate surface area is 121 Å². The zero-order valence-corrected chi connectivity index (χ0v) is 11.5. The van der Waals surface area contributed by atoms with Crippen LogP contribution in [-0.2, 0) is 4.79 Å². The smallest absolute Gasteiger partial charge is 0.870 e. The van der Waals surface area contributed by atoms with Crippen molar-refractivity contribution in [3.63, 3.8) is 0 Å². The summed E-state index contributed by atoms with van der Waals surface area (Å²) in [5, 5.41) is 8.81. The topological polar surface area (TPSA) is 87.6 Å². The van der Waals surface area contributed by atoms with Crippen LogP contribution in [0.2, 0.25) is 0 Å². The maximum atomic E-state index is 11.8. The van der Waals surface area contributed by atoms with E-state index in [4.69, 9.17) is 5.11 Å². The van der Waals surface area contributed by atoms with Crippen LogP contribution in [0.4, 0.5) is 0 Å². The number of rotatable bonds is 2. The predicted octanol–water partition coefficient (Wildman–Crippen LogP) is -2.19. The average Bonchev–Trinajstić information content (AvgIpc) is 2.16. The van der Waals surface area contributed by atoms with Gasteiger partial charge in [0.2, 0.25) is 0 Å². The molecule has 1 aliphatic heterocycles. The van der Waals surface area contributed by atoms with E-state index in [0.717, 1.165) is 0 Å². The van der Waals surface area contributed by atoms with Crippen molar-refractivity contribution in [2.75, 3.05) is 6.54 Å². The quantitative estimate of drug-likeness (QED) is 0.600. The minimum absolute atomic E-state index is 0. The van der Waals surface area contributed by atoms with E-state index in [1.165, 1.54) is 4.90 Å². The van der Waals surface area contributed by atoms with Gasteiger partial charge in [-0.1, -0.05) is 18.2 Å². The standard InChI is InChI=1S/C11H11NO3.Na.H2O/c13-10(8-4-2-1-3-5-8)12-7-6-9(12)11(14)15;;/h1-5,9H,6-7H2,(H,14,15);;1H2/q;+1;/p-1. The van der Waals surface area contributed by atoms with E-state index in [2.05, 4.69) is 0 Å². The van der Waals surface area contributed by atoms with Crippen LogP contribution in [0.25, 0.3) is 0 Å². The second kappa shape index (κ2) is 6.76. The molecule has 0 bridgehead atoms. The van der Waals surface area contributed by atoms with Crippen molar-refractivity contribution in [1.82, 2.24) is 4.90 Å². The van der Waals surface area contributed by atoms with E-state index in [1.807, 2.05) is 6.07 Å². The molecule has 86 valence electrons. The van der Waals surface area contributed by atoms with Crippen LogP contribution in [-0.4, -0.2) is 39.9 Å². The fourth-order valence-electron chi connectivity index (χ4n) is 1.63. The van der Waals surface area contributed by atoms with Gasteiger partial charge in [-0.05, 0) is 18.6 Å². The molecule has 1 unspecified atom stereocenters. The zero-order chi connectivity index (χ0) is 10.8. The first-order valence-electron chi connectivity index (χ1n) is 4.79. The van der Waals surface area contributed by atoms with E-state index < -0.39 is 12.0 Å². The summed E-state index contributed by atoms with van der Waals surface area (Å²) in [6.07, 6.45) is 0.550. The normalized spacial score (nSPS) is 17.2. The van der Waals surface area contributed by atoms with Gasteiger partial charge in [0.25, 0.3) is 5.91 Å². The van der Waals surface area contributed by atoms with Crippen LogP contribution in [0, 0.1) is 0 Å². The molecule has 2 rings (SSSR count). The fraction of sp³-hybridized carbons (Fsp3) is 0.273. The Morgan fingerprint density at radius 3 is 2.24 bits per heavy atom. The molecule has 1 aromatic rings. The van der Waals surface area contributed by atoms with E-state index in [1.54, 1.807) is 24.3 Å². The van der Waals surface area contributed by atoms with Gasteiger partial charge >= 0.3 is 35.5 Å². The van der Waals surface area contributed by atoms with Crippen LogP contribution >= 0.6 is 0 Å². The molecule has 1 heterocycles. The number of aliphatic carboxylic acids is 1. The number of hydrogen-bond acceptors (Lipinski definition) is 3. The summed E-state index contributed by atoms with van der Waals surface area (Å²) in [5.41, 5.74) is 0.545. The molecular formula is C11H12NNaO4. The van der Waals surface area contributed by atoms with Gasteiger partial charge in [-0.15, -0.1) is 0 Å². The maximum Gasteiger partial charge on any atom is 1.00 e. The van der Waals surface area contributed by atoms with Gasteiger partial charge in [-0.2, -0.15) is 0 Å². The second-order valence-electron chi connectivity index (χ2n) is 3.51. The zero-order valence-electron chi connectivity index (χ0n) is 9.54. The summed E-state index contributed by atoms with van der Waals surface area (Å²) in [4.78, 5) is 23.9. The van der Waals surface area contributed by atoms with Crippen molar-refractivity contribution in [2.24, 2.45) is 0 Å². The number of carboxylic acid groups (broad SMARTS) is 1. The minimum Gasteiger partial charge on any atom is -0.870 e. The number of likely N-dealkylation sites (tertiary alicyclic amines) is 1. The van der Waals surface area contributed by atoms with Gasteiger partial charge in [0, 0.05) is 12.1 Å². The number of amides is 1. The molecule has 1 saturated heterocycles. The Morgan fingerprint density at radius 1 is 1.24 bits per heavy atom. The maximum absolute atomic E-state index is 11.8. The summed E-state index contributed by atoms with van der Waals surface area (Å²) >= 11 is 0. The number of carbonyl (C=O) groups is 2. The molecule has 0 spiro atoms. The Hall–Kier alpha value is -0.880. The van der Waals surface area contributed by atoms with Gasteiger partial charge in [0.15, 0.2) is 0 Å². The van der Waals surface area contributed by atoms with Crippen LogP contribution in [0.5, 0.6) is 0 Å². The molecule has 1 atom stereocenters. The summed E-state index contributed by atoms with van der Waals surface area (Å²) in [5.74, 6) is -1.13. The Bertz CT molecular complexity index is 396. The summed E-state index contributed by atoms with van der Waals surface area (Å²) in [7, 11) is 0. The molecular weight excluding hydrogens is 233 g/mol. The first kappa shape index (κ1) is 16.1. The third kappa shape index (κ3) is 3.29. The van der Waals surface area contributed by atoms with Gasteiger partial charge in [0.1, 0.15) is 6.04 Å². The van der Waals surface area contributed by atoms with Crippen molar-refractivity contribution in [3.8, 4) is 0 Å². The molecule has 0 radical (unpaired) electrons. The summed E-state index contributed by atoms with van der Waals surface area (Å²) < 4.78 is 0. The number of benzene rings is 1. The van der Waals surface area contributed by atoms with Crippen LogP contribution in [0.15, 0.2) is 30.3 Å². The molecule has 5 nitrogen and oxygen atoms in total. The molecule has 1 amide bonds. The molecule has 0 aliphatic carbocycles. The number of nitrogens with zero attached hydrogens (tertiary/aromatic N) is 1. The van der Waals surface area contributed by atoms with Crippen molar-refractivity contribution in [2.45, 2.75) is 12.5 Å². The van der Waals surface area contributed by atoms with Gasteiger partial charge < -0.3 is 15.5 Å². The number of carboxylic acids is 1. The van der Waals surface area contributed by atoms with Crippen LogP contribution in [0.3, 0.4) is 0 Å². The Morgan fingerprint density at radius 2 is 1.82 bits per heavy atom. The van der Waals surface area contributed by atoms with E-state index >= 15 is 0 Å². The number of hydrogen-bond donors (Lipinski definition) is 1. The van der Waals surface area contributed by atoms with Crippen LogP contribution in [0.1, 0.15) is 16.8 Å². The Balaban J connectivity index is 0.00000128.